The lowest BCUT2D eigenvalue weighted by molar-refractivity contribution is 0.0997. The molecule has 1 aromatic carbocycles. The van der Waals surface area contributed by atoms with Gasteiger partial charge in [0.05, 0.1) is 0 Å². The third-order valence-corrected chi connectivity index (χ3v) is 6.34. The molecule has 0 atom stereocenters. The zero-order chi connectivity index (χ0) is 17.5. The van der Waals surface area contributed by atoms with Crippen LogP contribution in [0, 0.1) is 12.8 Å². The van der Waals surface area contributed by atoms with E-state index in [-0.39, 0.29) is 11.3 Å². The first kappa shape index (κ1) is 17.6. The van der Waals surface area contributed by atoms with Crippen molar-refractivity contribution in [3.8, 4) is 0 Å². The highest BCUT2D eigenvalue weighted by Crippen LogP contribution is 2.33. The monoisotopic (exact) mass is 406 g/mol. The molecule has 3 rings (SSSR count). The van der Waals surface area contributed by atoms with Crippen LogP contribution in [0.1, 0.15) is 54.5 Å². The first-order valence-corrected chi connectivity index (χ1v) is 9.92. The van der Waals surface area contributed by atoms with E-state index in [1.54, 1.807) is 11.3 Å². The van der Waals surface area contributed by atoms with Gasteiger partial charge < -0.3 is 4.57 Å². The molecule has 0 N–H and O–H groups in total. The van der Waals surface area contributed by atoms with E-state index in [0.717, 1.165) is 21.7 Å². The van der Waals surface area contributed by atoms with Crippen LogP contribution in [-0.2, 0) is 12.0 Å². The van der Waals surface area contributed by atoms with E-state index in [1.807, 2.05) is 24.3 Å². The van der Waals surface area contributed by atoms with Gasteiger partial charge in [-0.2, -0.15) is 4.99 Å². The lowest BCUT2D eigenvalue weighted by Crippen LogP contribution is -2.19. The van der Waals surface area contributed by atoms with E-state index < -0.39 is 0 Å². The summed E-state index contributed by atoms with van der Waals surface area (Å²) in [6.45, 7) is 9.78. The number of carbonyl (C=O) groups excluding carboxylic acids is 1. The van der Waals surface area contributed by atoms with Crippen molar-refractivity contribution < 1.29 is 4.79 Å². The van der Waals surface area contributed by atoms with Gasteiger partial charge in [-0.3, -0.25) is 4.79 Å². The van der Waals surface area contributed by atoms with E-state index in [2.05, 4.69) is 53.2 Å². The first-order valence-electron chi connectivity index (χ1n) is 8.31. The fraction of sp³-hybridized carbons (Fsp3) is 0.474. The molecule has 1 amide bonds. The highest BCUT2D eigenvalue weighted by Gasteiger charge is 2.27. The van der Waals surface area contributed by atoms with Gasteiger partial charge in [0.25, 0.3) is 5.91 Å². The summed E-state index contributed by atoms with van der Waals surface area (Å²) in [7, 11) is 0. The van der Waals surface area contributed by atoms with Gasteiger partial charge >= 0.3 is 0 Å². The number of hydrogen-bond donors (Lipinski definition) is 0. The minimum Gasteiger partial charge on any atom is -0.320 e. The van der Waals surface area contributed by atoms with Crippen molar-refractivity contribution in [2.24, 2.45) is 10.9 Å². The molecule has 5 heteroatoms. The fourth-order valence-electron chi connectivity index (χ4n) is 2.81. The van der Waals surface area contributed by atoms with Gasteiger partial charge in [-0.25, -0.2) is 0 Å². The molecular weight excluding hydrogens is 384 g/mol. The topological polar surface area (TPSA) is 34.4 Å². The van der Waals surface area contributed by atoms with Crippen LogP contribution in [0.15, 0.2) is 33.7 Å². The summed E-state index contributed by atoms with van der Waals surface area (Å²) >= 11 is 5.07. The van der Waals surface area contributed by atoms with Crippen molar-refractivity contribution in [3.63, 3.8) is 0 Å². The van der Waals surface area contributed by atoms with Gasteiger partial charge in [-0.05, 0) is 49.3 Å². The smallest absolute Gasteiger partial charge is 0.279 e. The molecule has 0 radical (unpaired) electrons. The van der Waals surface area contributed by atoms with Crippen LogP contribution in [0.5, 0.6) is 0 Å². The molecule has 0 spiro atoms. The number of amides is 1. The number of rotatable bonds is 3. The lowest BCUT2D eigenvalue weighted by atomic mass is 9.93. The third kappa shape index (κ3) is 3.89. The number of benzene rings is 1. The molecule has 3 nitrogen and oxygen atoms in total. The van der Waals surface area contributed by atoms with E-state index in [4.69, 9.17) is 0 Å². The highest BCUT2D eigenvalue weighted by atomic mass is 79.9. The van der Waals surface area contributed by atoms with Gasteiger partial charge in [0.1, 0.15) is 0 Å². The van der Waals surface area contributed by atoms with Crippen molar-refractivity contribution >= 4 is 33.2 Å². The summed E-state index contributed by atoms with van der Waals surface area (Å²) in [5.41, 5.74) is 1.93. The zero-order valence-corrected chi connectivity index (χ0v) is 17.0. The van der Waals surface area contributed by atoms with Crippen LogP contribution >= 0.6 is 27.3 Å². The van der Waals surface area contributed by atoms with E-state index in [1.165, 1.54) is 23.4 Å². The van der Waals surface area contributed by atoms with Gasteiger partial charge in [-0.15, -0.1) is 11.3 Å². The summed E-state index contributed by atoms with van der Waals surface area (Å²) in [5.74, 6) is 0.564. The Hall–Kier alpha value is -1.20. The predicted molar refractivity (Wildman–Crippen MR) is 103 cm³/mol. The summed E-state index contributed by atoms with van der Waals surface area (Å²) in [6, 6.07) is 7.41. The van der Waals surface area contributed by atoms with Crippen LogP contribution < -0.4 is 4.80 Å². The van der Waals surface area contributed by atoms with E-state index in [9.17, 15) is 4.79 Å². The minimum atomic E-state index is -0.178. The maximum Gasteiger partial charge on any atom is 0.279 e. The Bertz CT molecular complexity index is 838. The normalized spacial score (nSPS) is 15.8. The van der Waals surface area contributed by atoms with Crippen molar-refractivity contribution in [3.05, 3.63) is 49.7 Å². The first-order chi connectivity index (χ1) is 11.3. The SMILES string of the molecule is Cc1c(C(C)(C)C)sc(=NC(=O)c2cccc(Br)c2)n1CC1CC1. The van der Waals surface area contributed by atoms with Gasteiger partial charge in [0.15, 0.2) is 4.80 Å². The maximum absolute atomic E-state index is 12.6. The average Bonchev–Trinajstić information content (AvgIpc) is 3.25. The number of hydrogen-bond acceptors (Lipinski definition) is 2. The minimum absolute atomic E-state index is 0.0621. The standard InChI is InChI=1S/C19H23BrN2OS/c1-12-16(19(2,3)4)24-18(22(12)11-13-8-9-13)21-17(23)14-6-5-7-15(20)10-14/h5-7,10,13H,8-9,11H2,1-4H3. The summed E-state index contributed by atoms with van der Waals surface area (Å²) in [4.78, 5) is 19.2. The number of aromatic nitrogens is 1. The average molecular weight is 407 g/mol. The van der Waals surface area contributed by atoms with Crippen LogP contribution in [0.2, 0.25) is 0 Å². The van der Waals surface area contributed by atoms with Crippen LogP contribution in [0.3, 0.4) is 0 Å². The largest absolute Gasteiger partial charge is 0.320 e. The Labute approximate surface area is 155 Å². The zero-order valence-electron chi connectivity index (χ0n) is 14.6. The van der Waals surface area contributed by atoms with Crippen molar-refractivity contribution in [2.45, 2.75) is 52.5 Å². The molecule has 1 saturated carbocycles. The Balaban J connectivity index is 2.06. The Morgan fingerprint density at radius 1 is 1.38 bits per heavy atom. The Morgan fingerprint density at radius 3 is 2.67 bits per heavy atom. The molecule has 0 aliphatic heterocycles. The molecule has 0 unspecified atom stereocenters. The molecule has 24 heavy (non-hydrogen) atoms. The van der Waals surface area contributed by atoms with Gasteiger partial charge in [0, 0.05) is 27.2 Å². The molecule has 1 heterocycles. The molecule has 0 saturated heterocycles. The fourth-order valence-corrected chi connectivity index (χ4v) is 4.41. The number of carbonyl (C=O) groups is 1. The van der Waals surface area contributed by atoms with E-state index >= 15 is 0 Å². The highest BCUT2D eigenvalue weighted by molar-refractivity contribution is 9.10. The molecule has 1 fully saturated rings. The van der Waals surface area contributed by atoms with Gasteiger partial charge in [0.2, 0.25) is 0 Å². The summed E-state index contributed by atoms with van der Waals surface area (Å²) in [5, 5.41) is 0. The predicted octanol–water partition coefficient (Wildman–Crippen LogP) is 5.07. The summed E-state index contributed by atoms with van der Waals surface area (Å²) in [6.07, 6.45) is 2.57. The summed E-state index contributed by atoms with van der Waals surface area (Å²) < 4.78 is 3.14. The van der Waals surface area contributed by atoms with Gasteiger partial charge in [-0.1, -0.05) is 42.8 Å². The molecule has 128 valence electrons. The second-order valence-corrected chi connectivity index (χ2v) is 9.42. The number of halogens is 1. The van der Waals surface area contributed by atoms with Crippen LogP contribution in [0.4, 0.5) is 0 Å². The molecule has 1 aliphatic rings. The Kier molecular flexibility index (Phi) is 4.85. The quantitative estimate of drug-likeness (QED) is 0.700. The number of thiazole rings is 1. The van der Waals surface area contributed by atoms with Crippen molar-refractivity contribution in [2.75, 3.05) is 0 Å². The number of nitrogens with zero attached hydrogens (tertiary/aromatic N) is 2. The van der Waals surface area contributed by atoms with Crippen LogP contribution in [-0.4, -0.2) is 10.5 Å². The molecular formula is C19H23BrN2OS. The molecule has 0 bridgehead atoms. The third-order valence-electron chi connectivity index (χ3n) is 4.25. The Morgan fingerprint density at radius 2 is 2.08 bits per heavy atom. The second-order valence-electron chi connectivity index (χ2n) is 7.53. The van der Waals surface area contributed by atoms with Crippen molar-refractivity contribution in [1.29, 1.82) is 0 Å². The van der Waals surface area contributed by atoms with E-state index in [0.29, 0.717) is 5.56 Å². The van der Waals surface area contributed by atoms with Crippen molar-refractivity contribution in [1.82, 2.24) is 4.57 Å². The lowest BCUT2D eigenvalue weighted by Gasteiger charge is -2.17. The van der Waals surface area contributed by atoms with Crippen LogP contribution in [0.25, 0.3) is 0 Å². The molecule has 1 aliphatic carbocycles. The maximum atomic E-state index is 12.6. The molecule has 1 aromatic heterocycles. The second kappa shape index (κ2) is 6.60. The molecule has 2 aromatic rings.